The largest absolute Gasteiger partial charge is 0.493 e. The van der Waals surface area contributed by atoms with Crippen molar-refractivity contribution in [3.05, 3.63) is 112 Å². The number of hydrogen-bond donors (Lipinski definition) is 1. The number of carbonyl (C=O) groups is 2. The molecule has 4 aromatic carbocycles. The number of amides is 1. The molecule has 1 atom stereocenters. The minimum absolute atomic E-state index is 0.131. The summed E-state index contributed by atoms with van der Waals surface area (Å²) in [6.07, 6.45) is 3.19. The van der Waals surface area contributed by atoms with Gasteiger partial charge in [0.2, 0.25) is 0 Å². The minimum atomic E-state index is -1.01. The predicted molar refractivity (Wildman–Crippen MR) is 203 cm³/mol. The number of benzene rings is 4. The monoisotopic (exact) mass is 699 g/mol. The van der Waals surface area contributed by atoms with Crippen LogP contribution in [0.4, 0.5) is 5.69 Å². The minimum Gasteiger partial charge on any atom is -0.493 e. The van der Waals surface area contributed by atoms with Crippen LogP contribution in [0, 0.1) is 13.8 Å². The van der Waals surface area contributed by atoms with Crippen molar-refractivity contribution >= 4 is 61.7 Å². The number of fused-ring (bicyclic) bond motifs is 5. The summed E-state index contributed by atoms with van der Waals surface area (Å²) in [5, 5.41) is 19.0. The van der Waals surface area contributed by atoms with E-state index in [1.165, 1.54) is 0 Å². The van der Waals surface area contributed by atoms with Gasteiger partial charge in [0.1, 0.15) is 11.4 Å². The van der Waals surface area contributed by atoms with Crippen molar-refractivity contribution < 1.29 is 19.4 Å². The van der Waals surface area contributed by atoms with Crippen molar-refractivity contribution in [3.63, 3.8) is 0 Å². The Morgan fingerprint density at radius 2 is 1.76 bits per heavy atom. The lowest BCUT2D eigenvalue weighted by molar-refractivity contribution is 0.0696. The first-order chi connectivity index (χ1) is 24.5. The third-order valence-corrected chi connectivity index (χ3v) is 10.7. The van der Waals surface area contributed by atoms with Crippen LogP contribution in [0.2, 0.25) is 5.02 Å². The topological polar surface area (TPSA) is 94.5 Å². The Balaban J connectivity index is 1.27. The van der Waals surface area contributed by atoms with Gasteiger partial charge < -0.3 is 23.9 Å². The maximum atomic E-state index is 15.0. The van der Waals surface area contributed by atoms with E-state index < -0.39 is 5.97 Å². The molecule has 1 amide bonds. The summed E-state index contributed by atoms with van der Waals surface area (Å²) < 4.78 is 12.3. The Labute approximate surface area is 300 Å². The Bertz CT molecular complexity index is 2550. The van der Waals surface area contributed by atoms with Crippen molar-refractivity contribution in [2.45, 2.75) is 39.7 Å². The number of aromatic nitrogens is 4. The lowest BCUT2D eigenvalue weighted by Gasteiger charge is -2.34. The van der Waals surface area contributed by atoms with Gasteiger partial charge in [-0.15, -0.1) is 0 Å². The second-order valence-corrected chi connectivity index (χ2v) is 13.9. The van der Waals surface area contributed by atoms with Crippen LogP contribution in [0.25, 0.3) is 43.7 Å². The number of hydrogen-bond acceptors (Lipinski definition) is 4. The van der Waals surface area contributed by atoms with Crippen LogP contribution in [0.5, 0.6) is 5.75 Å². The van der Waals surface area contributed by atoms with Gasteiger partial charge in [-0.3, -0.25) is 9.48 Å². The average molecular weight is 700 g/mol. The van der Waals surface area contributed by atoms with Gasteiger partial charge in [-0.1, -0.05) is 54.1 Å². The van der Waals surface area contributed by atoms with Gasteiger partial charge in [0, 0.05) is 71.4 Å². The van der Waals surface area contributed by atoms with Crippen molar-refractivity contribution in [2.24, 2.45) is 14.1 Å². The van der Waals surface area contributed by atoms with E-state index in [-0.39, 0.29) is 17.5 Å². The maximum absolute atomic E-state index is 15.0. The number of ether oxygens (including phenoxy) is 1. The van der Waals surface area contributed by atoms with E-state index in [1.54, 1.807) is 18.2 Å². The number of aromatic carboxylic acids is 1. The molecule has 9 nitrogen and oxygen atoms in total. The Hall–Kier alpha value is -5.54. The molecule has 1 N–H and O–H groups in total. The highest BCUT2D eigenvalue weighted by molar-refractivity contribution is 6.35. The number of rotatable bonds is 8. The summed E-state index contributed by atoms with van der Waals surface area (Å²) in [5.41, 5.74) is 7.89. The average Bonchev–Trinajstić information content (AvgIpc) is 3.72. The van der Waals surface area contributed by atoms with Gasteiger partial charge in [0.05, 0.1) is 34.1 Å². The highest BCUT2D eigenvalue weighted by Crippen LogP contribution is 2.45. The Morgan fingerprint density at radius 1 is 0.980 bits per heavy atom. The number of nitrogens with zero attached hydrogens (tertiary/aromatic N) is 5. The van der Waals surface area contributed by atoms with Gasteiger partial charge >= 0.3 is 5.97 Å². The second-order valence-electron chi connectivity index (χ2n) is 13.5. The normalized spacial score (nSPS) is 14.6. The first-order valence-electron chi connectivity index (χ1n) is 17.2. The molecule has 0 saturated heterocycles. The van der Waals surface area contributed by atoms with Gasteiger partial charge in [0.15, 0.2) is 0 Å². The zero-order valence-corrected chi connectivity index (χ0v) is 30.0. The molecule has 1 unspecified atom stereocenters. The van der Waals surface area contributed by atoms with E-state index in [9.17, 15) is 14.7 Å². The molecule has 0 aliphatic carbocycles. The Kier molecular flexibility index (Phi) is 7.91. The summed E-state index contributed by atoms with van der Waals surface area (Å²) >= 11 is 7.09. The number of carboxylic acids is 1. The molecule has 1 aliphatic heterocycles. The van der Waals surface area contributed by atoms with E-state index in [0.717, 1.165) is 66.4 Å². The summed E-state index contributed by atoms with van der Waals surface area (Å²) in [4.78, 5) is 28.8. The molecular weight excluding hydrogens is 662 g/mol. The first kappa shape index (κ1) is 32.7. The van der Waals surface area contributed by atoms with E-state index >= 15 is 0 Å². The molecule has 1 aliphatic rings. The smallest absolute Gasteiger partial charge is 0.335 e. The number of anilines is 1. The highest BCUT2D eigenvalue weighted by Gasteiger charge is 2.37. The van der Waals surface area contributed by atoms with Gasteiger partial charge in [-0.2, -0.15) is 5.10 Å². The molecule has 0 radical (unpaired) electrons. The molecule has 10 heteroatoms. The lowest BCUT2D eigenvalue weighted by Crippen LogP contribution is -2.42. The first-order valence-corrected chi connectivity index (χ1v) is 17.5. The fourth-order valence-electron chi connectivity index (χ4n) is 7.98. The molecule has 4 heterocycles. The van der Waals surface area contributed by atoms with Gasteiger partial charge in [0.25, 0.3) is 5.91 Å². The fourth-order valence-corrected chi connectivity index (χ4v) is 8.23. The predicted octanol–water partition coefficient (Wildman–Crippen LogP) is 8.89. The van der Waals surface area contributed by atoms with E-state index in [2.05, 4.69) is 29.7 Å². The van der Waals surface area contributed by atoms with Crippen LogP contribution in [0.3, 0.4) is 0 Å². The van der Waals surface area contributed by atoms with Crippen LogP contribution in [0.1, 0.15) is 57.2 Å². The number of carbonyl (C=O) groups excluding carboxylic acids is 1. The zero-order chi connectivity index (χ0) is 35.7. The lowest BCUT2D eigenvalue weighted by atomic mass is 9.98. The SMILES string of the molecule is Cc1nn(C)c(C)c1-c1c(Cl)ccc2c(CCCOc3cccc4ccccc34)c3n(c12)C(C)CN(c1cn(C)c2ccc(C(=O)O)cc12)C3=O. The summed E-state index contributed by atoms with van der Waals surface area (Å²) in [6, 6.07) is 23.1. The van der Waals surface area contributed by atoms with Gasteiger partial charge in [-0.25, -0.2) is 4.79 Å². The maximum Gasteiger partial charge on any atom is 0.335 e. The molecule has 0 spiro atoms. The van der Waals surface area contributed by atoms with E-state index in [1.807, 2.05) is 84.7 Å². The molecule has 0 saturated carbocycles. The summed E-state index contributed by atoms with van der Waals surface area (Å²) in [7, 11) is 3.84. The van der Waals surface area contributed by atoms with Gasteiger partial charge in [-0.05, 0) is 74.9 Å². The standard InChI is InChI=1S/C41H38ClN5O4/c1-23-21-46(34-22-44(4)33-18-15-27(41(49)50)20-31(33)34)40(48)39-29(13-9-19-51-35-14-8-11-26-10-6-7-12-28(26)35)30-16-17-32(42)37(38(30)47(23)39)36-24(2)43-45(5)25(36)3/h6-8,10-12,14-18,20,22-23H,9,13,19,21H2,1-5H3,(H,49,50). The van der Waals surface area contributed by atoms with Crippen LogP contribution in [-0.4, -0.2) is 49.0 Å². The molecule has 3 aromatic heterocycles. The van der Waals surface area contributed by atoms with Crippen LogP contribution in [0.15, 0.2) is 79.0 Å². The second kappa shape index (κ2) is 12.3. The molecule has 0 fully saturated rings. The molecule has 0 bridgehead atoms. The third-order valence-electron chi connectivity index (χ3n) is 10.4. The van der Waals surface area contributed by atoms with E-state index in [0.29, 0.717) is 42.4 Å². The van der Waals surface area contributed by atoms with Crippen LogP contribution >= 0.6 is 11.6 Å². The third kappa shape index (κ3) is 5.17. The zero-order valence-electron chi connectivity index (χ0n) is 29.2. The number of halogens is 1. The number of aryl methyl sites for hydroxylation is 4. The van der Waals surface area contributed by atoms with Crippen molar-refractivity contribution in [1.29, 1.82) is 0 Å². The Morgan fingerprint density at radius 3 is 2.53 bits per heavy atom. The highest BCUT2D eigenvalue weighted by atomic mass is 35.5. The van der Waals surface area contributed by atoms with Crippen LogP contribution in [-0.2, 0) is 20.5 Å². The molecule has 8 rings (SSSR count). The van der Waals surface area contributed by atoms with E-state index in [4.69, 9.17) is 21.4 Å². The summed E-state index contributed by atoms with van der Waals surface area (Å²) in [6.45, 7) is 7.02. The quantitative estimate of drug-likeness (QED) is 0.160. The van der Waals surface area contributed by atoms with Crippen molar-refractivity contribution in [1.82, 2.24) is 18.9 Å². The molecule has 7 aromatic rings. The fraction of sp³-hybridized carbons (Fsp3) is 0.244. The molecule has 258 valence electrons. The van der Waals surface area contributed by atoms with Crippen molar-refractivity contribution in [2.75, 3.05) is 18.1 Å². The molecular formula is C41H38ClN5O4. The van der Waals surface area contributed by atoms with Crippen LogP contribution < -0.4 is 9.64 Å². The van der Waals surface area contributed by atoms with Crippen molar-refractivity contribution in [3.8, 4) is 16.9 Å². The number of carboxylic acid groups (broad SMARTS) is 1. The molecule has 51 heavy (non-hydrogen) atoms. The summed E-state index contributed by atoms with van der Waals surface area (Å²) in [5.74, 6) is -0.311.